The molecule has 0 aliphatic carbocycles. The minimum absolute atomic E-state index is 0.243. The minimum atomic E-state index is -0.243. The molecule has 0 saturated heterocycles. The number of hydrogen-bond donors (Lipinski definition) is 1. The van der Waals surface area contributed by atoms with Crippen LogP contribution in [0.2, 0.25) is 0 Å². The number of aromatic nitrogens is 3. The lowest BCUT2D eigenvalue weighted by atomic mass is 10.1. The van der Waals surface area contributed by atoms with E-state index < -0.39 is 0 Å². The van der Waals surface area contributed by atoms with Crippen molar-refractivity contribution in [1.82, 2.24) is 19.9 Å². The Balaban J connectivity index is 1.60. The molecule has 1 amide bonds. The van der Waals surface area contributed by atoms with Gasteiger partial charge >= 0.3 is 0 Å². The van der Waals surface area contributed by atoms with Gasteiger partial charge in [-0.05, 0) is 24.5 Å². The summed E-state index contributed by atoms with van der Waals surface area (Å²) in [5.41, 5.74) is 2.40. The summed E-state index contributed by atoms with van der Waals surface area (Å²) in [7, 11) is 0. The maximum Gasteiger partial charge on any atom is 0.287 e. The van der Waals surface area contributed by atoms with Crippen LogP contribution in [0.5, 0.6) is 0 Å². The van der Waals surface area contributed by atoms with Crippen LogP contribution in [0, 0.1) is 0 Å². The molecule has 0 saturated carbocycles. The molecule has 0 bridgehead atoms. The zero-order chi connectivity index (χ0) is 17.2. The number of pyridine rings is 1. The monoisotopic (exact) mass is 352 g/mol. The molecule has 6 nitrogen and oxygen atoms in total. The summed E-state index contributed by atoms with van der Waals surface area (Å²) in [5, 5.41) is 12.1. The van der Waals surface area contributed by atoms with Gasteiger partial charge in [0.05, 0.1) is 6.54 Å². The highest BCUT2D eigenvalue weighted by molar-refractivity contribution is 7.97. The highest BCUT2D eigenvalue weighted by atomic mass is 32.2. The zero-order valence-electron chi connectivity index (χ0n) is 13.6. The van der Waals surface area contributed by atoms with E-state index in [1.165, 1.54) is 0 Å². The molecular formula is C18H16N4O2S. The third kappa shape index (κ3) is 2.87. The summed E-state index contributed by atoms with van der Waals surface area (Å²) in [6.07, 6.45) is 3.88. The van der Waals surface area contributed by atoms with Crippen molar-refractivity contribution >= 4 is 34.3 Å². The molecule has 126 valence electrons. The van der Waals surface area contributed by atoms with E-state index in [1.807, 2.05) is 59.3 Å². The maximum absolute atomic E-state index is 12.7. The molecule has 0 unspecified atom stereocenters. The molecule has 4 aromatic rings. The number of carbonyl (C=O) groups excluding carboxylic acids is 1. The van der Waals surface area contributed by atoms with Gasteiger partial charge in [0, 0.05) is 22.9 Å². The number of rotatable bonds is 5. The van der Waals surface area contributed by atoms with E-state index >= 15 is 0 Å². The quantitative estimate of drug-likeness (QED) is 0.597. The Morgan fingerprint density at radius 3 is 2.92 bits per heavy atom. The molecule has 7 heteroatoms. The third-order valence-corrected chi connectivity index (χ3v) is 4.56. The van der Waals surface area contributed by atoms with Gasteiger partial charge in [-0.3, -0.25) is 9.20 Å². The number of carbonyl (C=O) groups is 1. The van der Waals surface area contributed by atoms with Crippen LogP contribution >= 0.6 is 11.8 Å². The van der Waals surface area contributed by atoms with Crippen molar-refractivity contribution in [3.05, 3.63) is 65.8 Å². The lowest BCUT2D eigenvalue weighted by molar-refractivity contribution is 0.0923. The van der Waals surface area contributed by atoms with Crippen molar-refractivity contribution in [1.29, 1.82) is 0 Å². The first kappa shape index (κ1) is 15.7. The normalized spacial score (nSPS) is 11.2. The summed E-state index contributed by atoms with van der Waals surface area (Å²) in [5.74, 6) is 1.51. The molecule has 0 atom stereocenters. The summed E-state index contributed by atoms with van der Waals surface area (Å²) < 4.78 is 7.65. The lowest BCUT2D eigenvalue weighted by Crippen LogP contribution is -2.24. The van der Waals surface area contributed by atoms with Gasteiger partial charge in [0.2, 0.25) is 0 Å². The largest absolute Gasteiger partial charge is 0.451 e. The van der Waals surface area contributed by atoms with Crippen LogP contribution < -0.4 is 5.32 Å². The van der Waals surface area contributed by atoms with Crippen molar-refractivity contribution in [3.63, 3.8) is 0 Å². The Bertz CT molecular complexity index is 1050. The van der Waals surface area contributed by atoms with Crippen LogP contribution in [0.3, 0.4) is 0 Å². The second-order valence-electron chi connectivity index (χ2n) is 5.57. The first-order valence-corrected chi connectivity index (χ1v) is 9.23. The van der Waals surface area contributed by atoms with Crippen LogP contribution in [0.1, 0.15) is 21.9 Å². The fourth-order valence-corrected chi connectivity index (χ4v) is 3.40. The van der Waals surface area contributed by atoms with E-state index in [4.69, 9.17) is 4.42 Å². The summed E-state index contributed by atoms with van der Waals surface area (Å²) >= 11 is 1.66. The number of fused-ring (bicyclic) bond motifs is 2. The SMILES string of the molecule is CSCc1c(C(=O)NCc2nnc3ccccn23)oc2ccccc12. The van der Waals surface area contributed by atoms with Crippen molar-refractivity contribution in [2.75, 3.05) is 6.26 Å². The smallest absolute Gasteiger partial charge is 0.287 e. The number of thioether (sulfide) groups is 1. The third-order valence-electron chi connectivity index (χ3n) is 3.98. The predicted octanol–water partition coefficient (Wildman–Crippen LogP) is 3.27. The Hall–Kier alpha value is -2.80. The first-order chi connectivity index (χ1) is 12.3. The van der Waals surface area contributed by atoms with Crippen molar-refractivity contribution in [3.8, 4) is 0 Å². The highest BCUT2D eigenvalue weighted by Gasteiger charge is 2.20. The van der Waals surface area contributed by atoms with E-state index in [2.05, 4.69) is 15.5 Å². The van der Waals surface area contributed by atoms with Crippen LogP contribution in [0.15, 0.2) is 53.1 Å². The molecule has 3 aromatic heterocycles. The molecule has 4 rings (SSSR count). The fourth-order valence-electron chi connectivity index (χ4n) is 2.82. The van der Waals surface area contributed by atoms with E-state index in [9.17, 15) is 4.79 Å². The van der Waals surface area contributed by atoms with Gasteiger partial charge in [-0.25, -0.2) is 0 Å². The fraction of sp³-hybridized carbons (Fsp3) is 0.167. The summed E-state index contributed by atoms with van der Waals surface area (Å²) in [6, 6.07) is 13.4. The van der Waals surface area contributed by atoms with Gasteiger partial charge in [-0.1, -0.05) is 24.3 Å². The number of hydrogen-bond acceptors (Lipinski definition) is 5. The molecule has 0 spiro atoms. The van der Waals surface area contributed by atoms with Crippen molar-refractivity contribution in [2.45, 2.75) is 12.3 Å². The molecule has 0 radical (unpaired) electrons. The van der Waals surface area contributed by atoms with Gasteiger partial charge in [-0.2, -0.15) is 11.8 Å². The number of benzene rings is 1. The molecule has 0 aliphatic rings. The number of para-hydroxylation sites is 1. The van der Waals surface area contributed by atoms with Gasteiger partial charge in [0.15, 0.2) is 17.2 Å². The molecular weight excluding hydrogens is 336 g/mol. The second-order valence-corrected chi connectivity index (χ2v) is 6.43. The van der Waals surface area contributed by atoms with Crippen molar-refractivity contribution in [2.24, 2.45) is 0 Å². The Labute approximate surface area is 148 Å². The average molecular weight is 352 g/mol. The van der Waals surface area contributed by atoms with Gasteiger partial charge in [0.25, 0.3) is 5.91 Å². The zero-order valence-corrected chi connectivity index (χ0v) is 14.4. The number of amides is 1. The van der Waals surface area contributed by atoms with Crippen molar-refractivity contribution < 1.29 is 9.21 Å². The number of nitrogens with one attached hydrogen (secondary N) is 1. The molecule has 1 aromatic carbocycles. The second kappa shape index (κ2) is 6.60. The van der Waals surface area contributed by atoms with Crippen LogP contribution in [-0.4, -0.2) is 26.8 Å². The van der Waals surface area contributed by atoms with E-state index in [1.54, 1.807) is 11.8 Å². The first-order valence-electron chi connectivity index (χ1n) is 7.84. The van der Waals surface area contributed by atoms with Crippen LogP contribution in [0.4, 0.5) is 0 Å². The molecule has 0 aliphatic heterocycles. The molecule has 1 N–H and O–H groups in total. The van der Waals surface area contributed by atoms with E-state index in [0.717, 1.165) is 22.2 Å². The van der Waals surface area contributed by atoms with Crippen LogP contribution in [0.25, 0.3) is 16.6 Å². The van der Waals surface area contributed by atoms with Gasteiger partial charge < -0.3 is 9.73 Å². The van der Waals surface area contributed by atoms with E-state index in [0.29, 0.717) is 17.3 Å². The van der Waals surface area contributed by atoms with Gasteiger partial charge in [0.1, 0.15) is 5.58 Å². The number of nitrogens with zero attached hydrogens (tertiary/aromatic N) is 3. The van der Waals surface area contributed by atoms with Crippen LogP contribution in [-0.2, 0) is 12.3 Å². The summed E-state index contributed by atoms with van der Waals surface area (Å²) in [4.78, 5) is 12.7. The maximum atomic E-state index is 12.7. The minimum Gasteiger partial charge on any atom is -0.451 e. The molecule has 25 heavy (non-hydrogen) atoms. The topological polar surface area (TPSA) is 72.4 Å². The Morgan fingerprint density at radius 1 is 1.20 bits per heavy atom. The standard InChI is InChI=1S/C18H16N4O2S/c1-25-11-13-12-6-2-3-7-14(12)24-17(13)18(23)19-10-16-21-20-15-8-4-5-9-22(15)16/h2-9H,10-11H2,1H3,(H,19,23). The van der Waals surface area contributed by atoms with E-state index in [-0.39, 0.29) is 12.5 Å². The molecule has 3 heterocycles. The predicted molar refractivity (Wildman–Crippen MR) is 97.6 cm³/mol. The Morgan fingerprint density at radius 2 is 2.04 bits per heavy atom. The molecule has 0 fully saturated rings. The van der Waals surface area contributed by atoms with Gasteiger partial charge in [-0.15, -0.1) is 10.2 Å². The number of furan rings is 1. The average Bonchev–Trinajstić information content (AvgIpc) is 3.22. The Kier molecular flexibility index (Phi) is 4.15. The highest BCUT2D eigenvalue weighted by Crippen LogP contribution is 2.28. The lowest BCUT2D eigenvalue weighted by Gasteiger charge is -2.04. The summed E-state index contributed by atoms with van der Waals surface area (Å²) in [6.45, 7) is 0.278.